The number of aromatic amines is 1. The average molecular weight is 276 g/mol. The number of carbonyl (C=O) groups is 1. The zero-order valence-electron chi connectivity index (χ0n) is 10.8. The summed E-state index contributed by atoms with van der Waals surface area (Å²) in [7, 11) is 0. The Hall–Kier alpha value is -1.69. The predicted octanol–water partition coefficient (Wildman–Crippen LogP) is 1.92. The highest BCUT2D eigenvalue weighted by atomic mass is 32.1. The summed E-state index contributed by atoms with van der Waals surface area (Å²) in [5.41, 5.74) is 2.09. The van der Waals surface area contributed by atoms with Gasteiger partial charge in [0, 0.05) is 10.3 Å². The van der Waals surface area contributed by atoms with Crippen molar-refractivity contribution in [2.24, 2.45) is 5.92 Å². The van der Waals surface area contributed by atoms with E-state index in [1.807, 2.05) is 5.38 Å². The number of hydrogen-bond acceptors (Lipinski definition) is 4. The van der Waals surface area contributed by atoms with Crippen molar-refractivity contribution in [3.05, 3.63) is 33.5 Å². The van der Waals surface area contributed by atoms with E-state index in [9.17, 15) is 4.79 Å². The van der Waals surface area contributed by atoms with Gasteiger partial charge in [-0.2, -0.15) is 5.10 Å². The summed E-state index contributed by atoms with van der Waals surface area (Å²) in [6, 6.07) is 0. The van der Waals surface area contributed by atoms with Crippen LogP contribution in [0.15, 0.2) is 11.7 Å². The summed E-state index contributed by atoms with van der Waals surface area (Å²) in [5.74, 6) is 1.39. The van der Waals surface area contributed by atoms with E-state index >= 15 is 0 Å². The molecule has 1 atom stereocenters. The SMILES string of the molecule is CC1CCc2c(C(=O)NCc3ncn[nH]3)csc2C1. The zero-order valence-corrected chi connectivity index (χ0v) is 11.6. The van der Waals surface area contributed by atoms with Crippen molar-refractivity contribution in [1.82, 2.24) is 20.5 Å². The van der Waals surface area contributed by atoms with Crippen LogP contribution in [-0.4, -0.2) is 21.1 Å². The highest BCUT2D eigenvalue weighted by molar-refractivity contribution is 7.10. The molecule has 0 spiro atoms. The van der Waals surface area contributed by atoms with Crippen LogP contribution in [0.2, 0.25) is 0 Å². The third kappa shape index (κ3) is 2.53. The molecule has 1 aliphatic carbocycles. The summed E-state index contributed by atoms with van der Waals surface area (Å²) in [6.45, 7) is 2.66. The predicted molar refractivity (Wildman–Crippen MR) is 73.1 cm³/mol. The van der Waals surface area contributed by atoms with Crippen molar-refractivity contribution in [2.45, 2.75) is 32.7 Å². The van der Waals surface area contributed by atoms with Gasteiger partial charge in [0.1, 0.15) is 12.2 Å². The number of rotatable bonds is 3. The lowest BCUT2D eigenvalue weighted by molar-refractivity contribution is 0.0949. The number of thiophene rings is 1. The molecule has 0 aromatic carbocycles. The molecule has 0 saturated carbocycles. The number of fused-ring (bicyclic) bond motifs is 1. The number of nitrogens with zero attached hydrogens (tertiary/aromatic N) is 2. The van der Waals surface area contributed by atoms with Gasteiger partial charge < -0.3 is 5.32 Å². The number of amides is 1. The van der Waals surface area contributed by atoms with Gasteiger partial charge in [0.25, 0.3) is 5.91 Å². The van der Waals surface area contributed by atoms with E-state index in [2.05, 4.69) is 27.4 Å². The summed E-state index contributed by atoms with van der Waals surface area (Å²) < 4.78 is 0. The van der Waals surface area contributed by atoms with Crippen LogP contribution in [0.4, 0.5) is 0 Å². The first-order chi connectivity index (χ1) is 9.24. The molecule has 2 aromatic heterocycles. The van der Waals surface area contributed by atoms with Crippen molar-refractivity contribution in [3.8, 4) is 0 Å². The van der Waals surface area contributed by atoms with Crippen molar-refractivity contribution < 1.29 is 4.79 Å². The monoisotopic (exact) mass is 276 g/mol. The van der Waals surface area contributed by atoms with Crippen LogP contribution < -0.4 is 5.32 Å². The second-order valence-electron chi connectivity index (χ2n) is 5.01. The molecule has 2 aromatic rings. The maximum atomic E-state index is 12.2. The first kappa shape index (κ1) is 12.3. The molecule has 1 aliphatic rings. The molecular formula is C13H16N4OS. The van der Waals surface area contributed by atoms with Gasteiger partial charge in [0.15, 0.2) is 0 Å². The van der Waals surface area contributed by atoms with Crippen molar-refractivity contribution in [2.75, 3.05) is 0 Å². The molecule has 1 unspecified atom stereocenters. The molecule has 100 valence electrons. The van der Waals surface area contributed by atoms with Gasteiger partial charge >= 0.3 is 0 Å². The van der Waals surface area contributed by atoms with Gasteiger partial charge in [-0.3, -0.25) is 9.89 Å². The molecule has 2 N–H and O–H groups in total. The standard InChI is InChI=1S/C13H16N4OS/c1-8-2-3-9-10(6-19-11(9)4-8)13(18)14-5-12-15-7-16-17-12/h6-8H,2-5H2,1H3,(H,14,18)(H,15,16,17). The lowest BCUT2D eigenvalue weighted by atomic mass is 9.88. The van der Waals surface area contributed by atoms with E-state index < -0.39 is 0 Å². The second kappa shape index (κ2) is 5.13. The van der Waals surface area contributed by atoms with E-state index in [-0.39, 0.29) is 5.91 Å². The molecule has 5 nitrogen and oxygen atoms in total. The first-order valence-corrected chi connectivity index (χ1v) is 7.33. The Morgan fingerprint density at radius 3 is 3.32 bits per heavy atom. The Morgan fingerprint density at radius 2 is 2.53 bits per heavy atom. The number of nitrogens with one attached hydrogen (secondary N) is 2. The first-order valence-electron chi connectivity index (χ1n) is 6.45. The van der Waals surface area contributed by atoms with Gasteiger partial charge in [-0.1, -0.05) is 6.92 Å². The Kier molecular flexibility index (Phi) is 3.33. The van der Waals surface area contributed by atoms with E-state index in [0.29, 0.717) is 12.4 Å². The van der Waals surface area contributed by atoms with Crippen LogP contribution in [0.3, 0.4) is 0 Å². The van der Waals surface area contributed by atoms with E-state index in [4.69, 9.17) is 0 Å². The third-order valence-corrected chi connectivity index (χ3v) is 4.58. The number of carbonyl (C=O) groups excluding carboxylic acids is 1. The number of H-pyrrole nitrogens is 1. The minimum Gasteiger partial charge on any atom is -0.345 e. The lowest BCUT2D eigenvalue weighted by Gasteiger charge is -2.18. The van der Waals surface area contributed by atoms with Crippen LogP contribution >= 0.6 is 11.3 Å². The number of aromatic nitrogens is 3. The van der Waals surface area contributed by atoms with Crippen molar-refractivity contribution >= 4 is 17.2 Å². The van der Waals surface area contributed by atoms with Gasteiger partial charge in [-0.05, 0) is 30.7 Å². The van der Waals surface area contributed by atoms with Gasteiger partial charge in [-0.25, -0.2) is 4.98 Å². The molecule has 1 amide bonds. The zero-order chi connectivity index (χ0) is 13.2. The molecule has 2 heterocycles. The van der Waals surface area contributed by atoms with Crippen LogP contribution in [-0.2, 0) is 19.4 Å². The highest BCUT2D eigenvalue weighted by Gasteiger charge is 2.23. The van der Waals surface area contributed by atoms with Crippen molar-refractivity contribution in [1.29, 1.82) is 0 Å². The molecule has 0 bridgehead atoms. The van der Waals surface area contributed by atoms with Crippen LogP contribution in [0.5, 0.6) is 0 Å². The van der Waals surface area contributed by atoms with Gasteiger partial charge in [0.2, 0.25) is 0 Å². The van der Waals surface area contributed by atoms with E-state index in [0.717, 1.165) is 24.3 Å². The van der Waals surface area contributed by atoms with E-state index in [1.165, 1.54) is 23.2 Å². The minimum absolute atomic E-state index is 0.0107. The molecule has 6 heteroatoms. The smallest absolute Gasteiger partial charge is 0.252 e. The van der Waals surface area contributed by atoms with Gasteiger partial charge in [0.05, 0.1) is 12.1 Å². The Bertz CT molecular complexity index is 575. The average Bonchev–Trinajstić information content (AvgIpc) is 3.04. The molecular weight excluding hydrogens is 260 g/mol. The summed E-state index contributed by atoms with van der Waals surface area (Å²) in [5, 5.41) is 11.4. The minimum atomic E-state index is -0.0107. The quantitative estimate of drug-likeness (QED) is 0.899. The van der Waals surface area contributed by atoms with Gasteiger partial charge in [-0.15, -0.1) is 11.3 Å². The second-order valence-corrected chi connectivity index (χ2v) is 5.98. The molecule has 3 rings (SSSR count). The molecule has 0 saturated heterocycles. The maximum absolute atomic E-state index is 12.2. The molecule has 0 radical (unpaired) electrons. The summed E-state index contributed by atoms with van der Waals surface area (Å²) in [4.78, 5) is 17.6. The van der Waals surface area contributed by atoms with Crippen molar-refractivity contribution in [3.63, 3.8) is 0 Å². The van der Waals surface area contributed by atoms with Crippen LogP contribution in [0.1, 0.15) is 40.0 Å². The fourth-order valence-corrected chi connectivity index (χ4v) is 3.69. The fourth-order valence-electron chi connectivity index (χ4n) is 2.44. The number of hydrogen-bond donors (Lipinski definition) is 2. The maximum Gasteiger partial charge on any atom is 0.252 e. The van der Waals surface area contributed by atoms with Crippen LogP contribution in [0.25, 0.3) is 0 Å². The summed E-state index contributed by atoms with van der Waals surface area (Å²) in [6.07, 6.45) is 4.74. The fraction of sp³-hybridized carbons (Fsp3) is 0.462. The normalized spacial score (nSPS) is 18.1. The molecule has 0 fully saturated rings. The highest BCUT2D eigenvalue weighted by Crippen LogP contribution is 2.32. The Morgan fingerprint density at radius 1 is 1.63 bits per heavy atom. The summed E-state index contributed by atoms with van der Waals surface area (Å²) >= 11 is 1.71. The largest absolute Gasteiger partial charge is 0.345 e. The third-order valence-electron chi connectivity index (χ3n) is 3.53. The van der Waals surface area contributed by atoms with E-state index in [1.54, 1.807) is 11.3 Å². The molecule has 0 aliphatic heterocycles. The topological polar surface area (TPSA) is 70.7 Å². The Labute approximate surface area is 115 Å². The Balaban J connectivity index is 1.70. The lowest BCUT2D eigenvalue weighted by Crippen LogP contribution is -2.24. The van der Waals surface area contributed by atoms with Crippen LogP contribution in [0, 0.1) is 5.92 Å². The molecule has 19 heavy (non-hydrogen) atoms.